The second-order valence-corrected chi connectivity index (χ2v) is 4.11. The van der Waals surface area contributed by atoms with E-state index in [1.165, 1.54) is 18.6 Å². The number of nitrogens with zero attached hydrogens (tertiary/aromatic N) is 1. The summed E-state index contributed by atoms with van der Waals surface area (Å²) in [6, 6.07) is 2.67. The van der Waals surface area contributed by atoms with Gasteiger partial charge in [-0.2, -0.15) is 0 Å². The van der Waals surface area contributed by atoms with E-state index in [4.69, 9.17) is 9.52 Å². The van der Waals surface area contributed by atoms with Crippen molar-refractivity contribution in [2.45, 2.75) is 24.4 Å². The van der Waals surface area contributed by atoms with Crippen molar-refractivity contribution in [3.05, 3.63) is 35.8 Å². The zero-order valence-electron chi connectivity index (χ0n) is 9.55. The third kappa shape index (κ3) is 2.51. The fourth-order valence-electron chi connectivity index (χ4n) is 1.83. The third-order valence-electron chi connectivity index (χ3n) is 2.89. The van der Waals surface area contributed by atoms with Gasteiger partial charge in [0.2, 0.25) is 0 Å². The summed E-state index contributed by atoms with van der Waals surface area (Å²) in [4.78, 5) is 4.06. The molecule has 1 aromatic rings. The van der Waals surface area contributed by atoms with Crippen LogP contribution in [-0.4, -0.2) is 57.6 Å². The zero-order valence-corrected chi connectivity index (χ0v) is 9.55. The lowest BCUT2D eigenvalue weighted by molar-refractivity contribution is -0.0592. The maximum atomic E-state index is 9.77. The maximum absolute atomic E-state index is 9.77. The van der Waals surface area contributed by atoms with Crippen LogP contribution in [-0.2, 0) is 0 Å². The molecule has 0 aromatic carbocycles. The summed E-state index contributed by atoms with van der Waals surface area (Å²) in [6.45, 7) is -0.391. The van der Waals surface area contributed by atoms with E-state index in [0.717, 1.165) is 0 Å². The molecule has 4 N–H and O–H groups in total. The molecular weight excluding hydrogens is 238 g/mol. The van der Waals surface area contributed by atoms with Crippen molar-refractivity contribution in [2.75, 3.05) is 6.61 Å². The smallest absolute Gasteiger partial charge is 0.144 e. The van der Waals surface area contributed by atoms with Gasteiger partial charge in [0.15, 0.2) is 0 Å². The lowest BCUT2D eigenvalue weighted by Gasteiger charge is -2.32. The average Bonchev–Trinajstić information content (AvgIpc) is 2.88. The molecule has 0 radical (unpaired) electrons. The largest absolute Gasteiger partial charge is 0.463 e. The van der Waals surface area contributed by atoms with Crippen LogP contribution in [0, 0.1) is 0 Å². The van der Waals surface area contributed by atoms with E-state index in [1.807, 2.05) is 0 Å². The number of aliphatic imine (C=N–C) groups is 1. The van der Waals surface area contributed by atoms with Crippen molar-refractivity contribution in [3.63, 3.8) is 0 Å². The van der Waals surface area contributed by atoms with E-state index in [1.54, 1.807) is 12.1 Å². The molecular formula is C12H15NO5. The summed E-state index contributed by atoms with van der Waals surface area (Å²) in [5, 5.41) is 38.0. The quantitative estimate of drug-likeness (QED) is 0.412. The number of aliphatic hydroxyl groups is 4. The summed E-state index contributed by atoms with van der Waals surface area (Å²) >= 11 is 0. The number of aliphatic hydroxyl groups excluding tert-OH is 4. The van der Waals surface area contributed by atoms with Gasteiger partial charge in [-0.3, -0.25) is 4.99 Å². The molecule has 98 valence electrons. The van der Waals surface area contributed by atoms with Crippen LogP contribution in [0.25, 0.3) is 0 Å². The van der Waals surface area contributed by atoms with E-state index < -0.39 is 31.0 Å². The van der Waals surface area contributed by atoms with Crippen LogP contribution in [0.1, 0.15) is 5.76 Å². The molecule has 6 nitrogen and oxygen atoms in total. The Morgan fingerprint density at radius 2 is 2.06 bits per heavy atom. The third-order valence-corrected chi connectivity index (χ3v) is 2.89. The minimum Gasteiger partial charge on any atom is -0.463 e. The Labute approximate surface area is 104 Å². The summed E-state index contributed by atoms with van der Waals surface area (Å²) in [5.41, 5.74) is 0.245. The van der Waals surface area contributed by atoms with Gasteiger partial charge < -0.3 is 24.8 Å². The van der Waals surface area contributed by atoms with Crippen molar-refractivity contribution in [2.24, 2.45) is 4.99 Å². The molecule has 6 heteroatoms. The minimum atomic E-state index is -1.36. The SMILES string of the molecule is OCC1=C[C@H](/N=C/c2ccco2)[C@H](O)C(O)[C@@H]1O. The van der Waals surface area contributed by atoms with Crippen molar-refractivity contribution >= 4 is 6.21 Å². The Bertz CT molecular complexity index is 439. The van der Waals surface area contributed by atoms with Crippen molar-refractivity contribution in [3.8, 4) is 0 Å². The van der Waals surface area contributed by atoms with Crippen LogP contribution < -0.4 is 0 Å². The molecule has 4 atom stereocenters. The zero-order chi connectivity index (χ0) is 13.1. The van der Waals surface area contributed by atoms with Crippen LogP contribution in [0.4, 0.5) is 0 Å². The van der Waals surface area contributed by atoms with Crippen molar-refractivity contribution < 1.29 is 24.8 Å². The monoisotopic (exact) mass is 253 g/mol. The van der Waals surface area contributed by atoms with E-state index in [-0.39, 0.29) is 5.57 Å². The number of furan rings is 1. The topological polar surface area (TPSA) is 106 Å². The Morgan fingerprint density at radius 1 is 1.28 bits per heavy atom. The summed E-state index contributed by atoms with van der Waals surface area (Å²) in [5.74, 6) is 0.516. The Morgan fingerprint density at radius 3 is 2.67 bits per heavy atom. The molecule has 0 fully saturated rings. The van der Waals surface area contributed by atoms with Crippen LogP contribution >= 0.6 is 0 Å². The summed E-state index contributed by atoms with van der Waals surface area (Å²) in [6.07, 6.45) is 0.509. The lowest BCUT2D eigenvalue weighted by Crippen LogP contribution is -2.48. The molecule has 1 aromatic heterocycles. The molecule has 1 heterocycles. The molecule has 1 unspecified atom stereocenters. The molecule has 0 spiro atoms. The second-order valence-electron chi connectivity index (χ2n) is 4.11. The second kappa shape index (κ2) is 5.45. The van der Waals surface area contributed by atoms with Gasteiger partial charge in [0.1, 0.15) is 24.1 Å². The molecule has 0 saturated heterocycles. The van der Waals surface area contributed by atoms with Gasteiger partial charge in [-0.25, -0.2) is 0 Å². The van der Waals surface area contributed by atoms with E-state index in [2.05, 4.69) is 4.99 Å². The number of rotatable bonds is 3. The van der Waals surface area contributed by atoms with Crippen LogP contribution in [0.5, 0.6) is 0 Å². The Kier molecular flexibility index (Phi) is 3.93. The van der Waals surface area contributed by atoms with E-state index in [0.29, 0.717) is 5.76 Å². The first-order valence-corrected chi connectivity index (χ1v) is 5.56. The van der Waals surface area contributed by atoms with E-state index in [9.17, 15) is 15.3 Å². The molecule has 0 bridgehead atoms. The standard InChI is InChI=1S/C12H15NO5/c14-6-7-4-9(11(16)12(17)10(7)15)13-5-8-2-1-3-18-8/h1-5,9-12,14-17H,6H2/b13-5+/t9-,10+,11-,12?/m0/s1. The molecule has 0 amide bonds. The summed E-state index contributed by atoms with van der Waals surface area (Å²) < 4.78 is 5.05. The molecule has 0 saturated carbocycles. The fraction of sp³-hybridized carbons (Fsp3) is 0.417. The molecule has 1 aliphatic carbocycles. The lowest BCUT2D eigenvalue weighted by atomic mass is 9.88. The van der Waals surface area contributed by atoms with Gasteiger partial charge in [0, 0.05) is 0 Å². The highest BCUT2D eigenvalue weighted by Crippen LogP contribution is 2.22. The summed E-state index contributed by atoms with van der Waals surface area (Å²) in [7, 11) is 0. The van der Waals surface area contributed by atoms with Gasteiger partial charge >= 0.3 is 0 Å². The van der Waals surface area contributed by atoms with Gasteiger partial charge in [0.25, 0.3) is 0 Å². The van der Waals surface area contributed by atoms with Gasteiger partial charge in [0.05, 0.1) is 25.1 Å². The Hall–Kier alpha value is -1.47. The minimum absolute atomic E-state index is 0.245. The highest BCUT2D eigenvalue weighted by atomic mass is 16.4. The predicted octanol–water partition coefficient (Wildman–Crippen LogP) is -0.918. The predicted molar refractivity (Wildman–Crippen MR) is 63.3 cm³/mol. The maximum Gasteiger partial charge on any atom is 0.144 e. The van der Waals surface area contributed by atoms with Gasteiger partial charge in [-0.05, 0) is 17.7 Å². The average molecular weight is 253 g/mol. The Balaban J connectivity index is 2.18. The number of hydrogen-bond acceptors (Lipinski definition) is 6. The molecule has 18 heavy (non-hydrogen) atoms. The first-order chi connectivity index (χ1) is 8.63. The number of hydrogen-bond donors (Lipinski definition) is 4. The van der Waals surface area contributed by atoms with Crippen molar-refractivity contribution in [1.29, 1.82) is 0 Å². The van der Waals surface area contributed by atoms with Crippen LogP contribution in [0.2, 0.25) is 0 Å². The highest BCUT2D eigenvalue weighted by molar-refractivity contribution is 5.76. The van der Waals surface area contributed by atoms with Gasteiger partial charge in [-0.1, -0.05) is 6.08 Å². The first-order valence-electron chi connectivity index (χ1n) is 5.56. The fourth-order valence-corrected chi connectivity index (χ4v) is 1.83. The first kappa shape index (κ1) is 13.0. The molecule has 2 rings (SSSR count). The van der Waals surface area contributed by atoms with Crippen LogP contribution in [0.15, 0.2) is 39.5 Å². The van der Waals surface area contributed by atoms with Gasteiger partial charge in [-0.15, -0.1) is 0 Å². The van der Waals surface area contributed by atoms with Crippen molar-refractivity contribution in [1.82, 2.24) is 0 Å². The normalized spacial score (nSPS) is 32.8. The molecule has 1 aliphatic rings. The molecule has 0 aliphatic heterocycles. The van der Waals surface area contributed by atoms with Crippen LogP contribution in [0.3, 0.4) is 0 Å². The van der Waals surface area contributed by atoms with E-state index >= 15 is 0 Å². The highest BCUT2D eigenvalue weighted by Gasteiger charge is 2.36.